The Labute approximate surface area is 160 Å². The fraction of sp³-hybridized carbons (Fsp3) is 0.348. The Hall–Kier alpha value is -2.59. The van der Waals surface area contributed by atoms with E-state index in [9.17, 15) is 4.79 Å². The first-order valence-electron chi connectivity index (χ1n) is 9.74. The van der Waals surface area contributed by atoms with Gasteiger partial charge in [0, 0.05) is 54.9 Å². The lowest BCUT2D eigenvalue weighted by Crippen LogP contribution is -2.48. The number of aryl methyl sites for hydroxylation is 1. The van der Waals surface area contributed by atoms with Gasteiger partial charge in [0.05, 0.1) is 0 Å². The van der Waals surface area contributed by atoms with E-state index in [1.807, 2.05) is 31.4 Å². The summed E-state index contributed by atoms with van der Waals surface area (Å²) in [5, 5.41) is 4.36. The zero-order valence-corrected chi connectivity index (χ0v) is 16.1. The van der Waals surface area contributed by atoms with Gasteiger partial charge in [-0.3, -0.25) is 9.69 Å². The summed E-state index contributed by atoms with van der Waals surface area (Å²) in [4.78, 5) is 15.2. The summed E-state index contributed by atoms with van der Waals surface area (Å²) in [5.74, 6) is 0.0365. The third-order valence-corrected chi connectivity index (χ3v) is 5.72. The number of fused-ring (bicyclic) bond motifs is 1. The quantitative estimate of drug-likeness (QED) is 0.764. The maximum absolute atomic E-state index is 12.7. The van der Waals surface area contributed by atoms with E-state index in [1.165, 1.54) is 5.56 Å². The molecule has 0 radical (unpaired) electrons. The normalized spacial score (nSPS) is 20.7. The Morgan fingerprint density at radius 3 is 2.74 bits per heavy atom. The Balaban J connectivity index is 1.36. The number of nitrogens with zero attached hydrogens (tertiary/aromatic N) is 2. The highest BCUT2D eigenvalue weighted by atomic mass is 16.1. The van der Waals surface area contributed by atoms with E-state index in [0.29, 0.717) is 6.04 Å². The number of amides is 1. The molecule has 1 amide bonds. The topological polar surface area (TPSA) is 37.3 Å². The van der Waals surface area contributed by atoms with Gasteiger partial charge < -0.3 is 9.88 Å². The summed E-state index contributed by atoms with van der Waals surface area (Å²) in [7, 11) is 2.02. The molecule has 0 spiro atoms. The minimum Gasteiger partial charge on any atom is -0.351 e. The van der Waals surface area contributed by atoms with E-state index >= 15 is 0 Å². The van der Waals surface area contributed by atoms with E-state index < -0.39 is 0 Å². The number of hydrogen-bond donors (Lipinski definition) is 1. The molecule has 0 saturated carbocycles. The molecule has 1 fully saturated rings. The fourth-order valence-corrected chi connectivity index (χ4v) is 4.10. The van der Waals surface area contributed by atoms with Gasteiger partial charge in [-0.05, 0) is 49.6 Å². The number of carbonyl (C=O) groups excluding carboxylic acids is 1. The monoisotopic (exact) mass is 361 g/mol. The summed E-state index contributed by atoms with van der Waals surface area (Å²) < 4.78 is 2.07. The highest BCUT2D eigenvalue weighted by Gasteiger charge is 2.26. The molecule has 1 aliphatic rings. The Kier molecular flexibility index (Phi) is 4.99. The molecule has 2 aromatic carbocycles. The second-order valence-corrected chi connectivity index (χ2v) is 7.70. The fourth-order valence-electron chi connectivity index (χ4n) is 4.10. The largest absolute Gasteiger partial charge is 0.351 e. The molecule has 1 aliphatic heterocycles. The summed E-state index contributed by atoms with van der Waals surface area (Å²) in [6.07, 6.45) is 4.01. The van der Waals surface area contributed by atoms with Crippen molar-refractivity contribution in [3.05, 3.63) is 71.9 Å². The van der Waals surface area contributed by atoms with Gasteiger partial charge in [0.1, 0.15) is 0 Å². The van der Waals surface area contributed by atoms with Crippen LogP contribution in [0.25, 0.3) is 10.9 Å². The standard InChI is InChI=1S/C23H27N3O/c1-17-14-21(11-13-26(17)16-18-6-4-3-5-7-18)24-23(27)20-8-9-22-19(15-20)10-12-25(22)2/h3-10,12,15,17,21H,11,13-14,16H2,1-2H3,(H,24,27). The van der Waals surface area contributed by atoms with Gasteiger partial charge in [0.25, 0.3) is 5.91 Å². The smallest absolute Gasteiger partial charge is 0.251 e. The van der Waals surface area contributed by atoms with Crippen molar-refractivity contribution in [2.24, 2.45) is 7.05 Å². The van der Waals surface area contributed by atoms with Crippen LogP contribution in [0.4, 0.5) is 0 Å². The first kappa shape index (κ1) is 17.8. The number of hydrogen-bond acceptors (Lipinski definition) is 2. The van der Waals surface area contributed by atoms with Gasteiger partial charge in [0.2, 0.25) is 0 Å². The minimum atomic E-state index is 0.0365. The zero-order chi connectivity index (χ0) is 18.8. The minimum absolute atomic E-state index is 0.0365. The number of benzene rings is 2. The molecule has 1 aromatic heterocycles. The lowest BCUT2D eigenvalue weighted by molar-refractivity contribution is 0.0866. The van der Waals surface area contributed by atoms with Crippen molar-refractivity contribution >= 4 is 16.8 Å². The predicted octanol–water partition coefficient (Wildman–Crippen LogP) is 3.96. The maximum atomic E-state index is 12.7. The lowest BCUT2D eigenvalue weighted by Gasteiger charge is -2.38. The number of aromatic nitrogens is 1. The van der Waals surface area contributed by atoms with Gasteiger partial charge in [-0.25, -0.2) is 0 Å². The molecule has 140 valence electrons. The molecule has 4 nitrogen and oxygen atoms in total. The van der Waals surface area contributed by atoms with Crippen molar-refractivity contribution in [1.82, 2.24) is 14.8 Å². The molecule has 27 heavy (non-hydrogen) atoms. The van der Waals surface area contributed by atoms with Gasteiger partial charge in [-0.2, -0.15) is 0 Å². The number of carbonyl (C=O) groups is 1. The number of piperidine rings is 1. The van der Waals surface area contributed by atoms with Crippen LogP contribution in [-0.2, 0) is 13.6 Å². The number of likely N-dealkylation sites (tertiary alicyclic amines) is 1. The third kappa shape index (κ3) is 3.91. The van der Waals surface area contributed by atoms with E-state index in [0.717, 1.165) is 42.4 Å². The summed E-state index contributed by atoms with van der Waals surface area (Å²) in [6, 6.07) is 19.3. The third-order valence-electron chi connectivity index (χ3n) is 5.72. The van der Waals surface area contributed by atoms with Crippen LogP contribution >= 0.6 is 0 Å². The molecule has 1 N–H and O–H groups in total. The highest BCUT2D eigenvalue weighted by Crippen LogP contribution is 2.21. The maximum Gasteiger partial charge on any atom is 0.251 e. The molecule has 4 rings (SSSR count). The molecule has 1 saturated heterocycles. The van der Waals surface area contributed by atoms with Crippen molar-refractivity contribution in [2.45, 2.75) is 38.4 Å². The van der Waals surface area contributed by atoms with Gasteiger partial charge in [0.15, 0.2) is 0 Å². The summed E-state index contributed by atoms with van der Waals surface area (Å²) in [6.45, 7) is 4.25. The van der Waals surface area contributed by atoms with Crippen LogP contribution in [0.3, 0.4) is 0 Å². The molecule has 2 heterocycles. The molecule has 2 atom stereocenters. The van der Waals surface area contributed by atoms with Crippen LogP contribution in [0.2, 0.25) is 0 Å². The molecular weight excluding hydrogens is 334 g/mol. The van der Waals surface area contributed by atoms with Crippen LogP contribution < -0.4 is 5.32 Å². The van der Waals surface area contributed by atoms with Gasteiger partial charge >= 0.3 is 0 Å². The summed E-state index contributed by atoms with van der Waals surface area (Å²) in [5.41, 5.74) is 3.24. The molecule has 0 aliphatic carbocycles. The first-order valence-corrected chi connectivity index (χ1v) is 9.74. The van der Waals surface area contributed by atoms with Crippen LogP contribution in [0, 0.1) is 0 Å². The van der Waals surface area contributed by atoms with E-state index in [2.05, 4.69) is 58.1 Å². The number of nitrogens with one attached hydrogen (secondary N) is 1. The SMILES string of the molecule is CC1CC(NC(=O)c2ccc3c(ccn3C)c2)CCN1Cc1ccccc1. The molecule has 0 bridgehead atoms. The van der Waals surface area contributed by atoms with Crippen molar-refractivity contribution in [1.29, 1.82) is 0 Å². The van der Waals surface area contributed by atoms with Crippen LogP contribution in [0.15, 0.2) is 60.8 Å². The second-order valence-electron chi connectivity index (χ2n) is 7.70. The van der Waals surface area contributed by atoms with E-state index in [4.69, 9.17) is 0 Å². The van der Waals surface area contributed by atoms with Crippen molar-refractivity contribution in [3.63, 3.8) is 0 Å². The van der Waals surface area contributed by atoms with Crippen molar-refractivity contribution < 1.29 is 4.79 Å². The molecule has 2 unspecified atom stereocenters. The Bertz CT molecular complexity index is 931. The summed E-state index contributed by atoms with van der Waals surface area (Å²) >= 11 is 0. The first-order chi connectivity index (χ1) is 13.1. The molecule has 4 heteroatoms. The van der Waals surface area contributed by atoms with Crippen LogP contribution in [0.5, 0.6) is 0 Å². The van der Waals surface area contributed by atoms with E-state index in [-0.39, 0.29) is 11.9 Å². The van der Waals surface area contributed by atoms with E-state index in [1.54, 1.807) is 0 Å². The van der Waals surface area contributed by atoms with Crippen LogP contribution in [-0.4, -0.2) is 34.0 Å². The highest BCUT2D eigenvalue weighted by molar-refractivity contribution is 5.98. The predicted molar refractivity (Wildman–Crippen MR) is 110 cm³/mol. The molecular formula is C23H27N3O. The Morgan fingerprint density at radius 2 is 1.96 bits per heavy atom. The van der Waals surface area contributed by atoms with Gasteiger partial charge in [-0.1, -0.05) is 30.3 Å². The van der Waals surface area contributed by atoms with Crippen LogP contribution in [0.1, 0.15) is 35.7 Å². The second kappa shape index (κ2) is 7.57. The average Bonchev–Trinajstić information content (AvgIpc) is 3.05. The zero-order valence-electron chi connectivity index (χ0n) is 16.1. The average molecular weight is 361 g/mol. The van der Waals surface area contributed by atoms with Gasteiger partial charge in [-0.15, -0.1) is 0 Å². The van der Waals surface area contributed by atoms with Crippen molar-refractivity contribution in [2.75, 3.05) is 6.54 Å². The Morgan fingerprint density at radius 1 is 1.15 bits per heavy atom. The van der Waals surface area contributed by atoms with Crippen molar-refractivity contribution in [3.8, 4) is 0 Å². The lowest BCUT2D eigenvalue weighted by atomic mass is 9.97. The number of rotatable bonds is 4. The molecule has 3 aromatic rings.